The maximum Gasteiger partial charge on any atom is 0.270 e. The summed E-state index contributed by atoms with van der Waals surface area (Å²) in [6, 6.07) is 22.9. The number of ether oxygens (including phenoxy) is 2. The summed E-state index contributed by atoms with van der Waals surface area (Å²) in [5.41, 5.74) is 1.06. The van der Waals surface area contributed by atoms with Crippen molar-refractivity contribution in [2.24, 2.45) is 0 Å². The number of rotatable bonds is 7. The summed E-state index contributed by atoms with van der Waals surface area (Å²) in [7, 11) is 0. The molecule has 0 radical (unpaired) electrons. The third kappa shape index (κ3) is 5.48. The van der Waals surface area contributed by atoms with E-state index in [0.717, 1.165) is 21.2 Å². The number of carbonyl (C=O) groups is 2. The van der Waals surface area contributed by atoms with E-state index in [-0.39, 0.29) is 28.0 Å². The van der Waals surface area contributed by atoms with Crippen LogP contribution in [0.5, 0.6) is 11.5 Å². The highest BCUT2D eigenvalue weighted by Gasteiger charge is 2.35. The van der Waals surface area contributed by atoms with Crippen molar-refractivity contribution in [2.45, 2.75) is 13.5 Å². The van der Waals surface area contributed by atoms with Gasteiger partial charge in [0, 0.05) is 0 Å². The Morgan fingerprint density at radius 2 is 1.72 bits per heavy atom. The lowest BCUT2D eigenvalue weighted by Crippen LogP contribution is -2.54. The fourth-order valence-electron chi connectivity index (χ4n) is 4.23. The third-order valence-corrected chi connectivity index (χ3v) is 6.60. The number of amides is 2. The van der Waals surface area contributed by atoms with E-state index in [4.69, 9.17) is 33.3 Å². The van der Waals surface area contributed by atoms with Crippen LogP contribution in [0.1, 0.15) is 18.1 Å². The average Bonchev–Trinajstić information content (AvgIpc) is 2.91. The van der Waals surface area contributed by atoms with Crippen molar-refractivity contribution in [1.29, 1.82) is 0 Å². The number of anilines is 1. The SMILES string of the molecule is CCOc1cc(/C=C2\C(=O)NC(=S)N(c3ccccc3F)C2=O)cc(Cl)c1OCc1ccc2ccccc2c1. The second-order valence-corrected chi connectivity index (χ2v) is 9.44. The van der Waals surface area contributed by atoms with Crippen LogP contribution in [0.2, 0.25) is 5.02 Å². The number of hydrogen-bond acceptors (Lipinski definition) is 5. The summed E-state index contributed by atoms with van der Waals surface area (Å²) in [6.45, 7) is 2.40. The molecule has 1 fully saturated rings. The normalized spacial score (nSPS) is 14.6. The smallest absolute Gasteiger partial charge is 0.270 e. The predicted molar refractivity (Wildman–Crippen MR) is 154 cm³/mol. The van der Waals surface area contributed by atoms with Crippen molar-refractivity contribution in [1.82, 2.24) is 5.32 Å². The maximum absolute atomic E-state index is 14.4. The molecule has 1 N–H and O–H groups in total. The van der Waals surface area contributed by atoms with Crippen LogP contribution >= 0.6 is 23.8 Å². The Bertz CT molecular complexity index is 1660. The second-order valence-electron chi connectivity index (χ2n) is 8.64. The van der Waals surface area contributed by atoms with Gasteiger partial charge in [-0.2, -0.15) is 0 Å². The Balaban J connectivity index is 1.45. The van der Waals surface area contributed by atoms with Crippen LogP contribution in [0, 0.1) is 5.82 Å². The van der Waals surface area contributed by atoms with Crippen molar-refractivity contribution in [3.05, 3.63) is 106 Å². The molecule has 1 aliphatic heterocycles. The lowest BCUT2D eigenvalue weighted by Gasteiger charge is -2.29. The molecular formula is C30H22ClFN2O4S. The van der Waals surface area contributed by atoms with Gasteiger partial charge in [0.05, 0.1) is 17.3 Å². The van der Waals surface area contributed by atoms with Gasteiger partial charge in [-0.25, -0.2) is 9.29 Å². The maximum atomic E-state index is 14.4. The van der Waals surface area contributed by atoms with Gasteiger partial charge in [-0.3, -0.25) is 14.9 Å². The molecule has 1 aliphatic rings. The third-order valence-electron chi connectivity index (χ3n) is 6.03. The summed E-state index contributed by atoms with van der Waals surface area (Å²) in [5, 5.41) is 4.69. The number of benzene rings is 4. The Morgan fingerprint density at radius 3 is 2.49 bits per heavy atom. The second kappa shape index (κ2) is 11.2. The minimum absolute atomic E-state index is 0.0659. The van der Waals surface area contributed by atoms with Crippen LogP contribution in [0.4, 0.5) is 10.1 Å². The Kier molecular flexibility index (Phi) is 7.58. The van der Waals surface area contributed by atoms with Gasteiger partial charge in [0.1, 0.15) is 18.0 Å². The van der Waals surface area contributed by atoms with Crippen molar-refractivity contribution < 1.29 is 23.5 Å². The minimum atomic E-state index is -0.764. The zero-order valence-electron chi connectivity index (χ0n) is 20.7. The number of halogens is 2. The summed E-state index contributed by atoms with van der Waals surface area (Å²) in [4.78, 5) is 26.9. The molecule has 1 saturated heterocycles. The van der Waals surface area contributed by atoms with Gasteiger partial charge in [-0.05, 0) is 77.4 Å². The van der Waals surface area contributed by atoms with Gasteiger partial charge in [0.25, 0.3) is 11.8 Å². The number of nitrogens with one attached hydrogen (secondary N) is 1. The van der Waals surface area contributed by atoms with E-state index in [1.54, 1.807) is 18.2 Å². The first-order valence-corrected chi connectivity index (χ1v) is 12.9. The number of thiocarbonyl (C=S) groups is 1. The van der Waals surface area contributed by atoms with Gasteiger partial charge in [0.15, 0.2) is 16.6 Å². The van der Waals surface area contributed by atoms with E-state index in [9.17, 15) is 14.0 Å². The predicted octanol–water partition coefficient (Wildman–Crippen LogP) is 6.44. The first-order chi connectivity index (χ1) is 18.9. The monoisotopic (exact) mass is 560 g/mol. The van der Waals surface area contributed by atoms with Crippen LogP contribution in [-0.4, -0.2) is 23.5 Å². The van der Waals surface area contributed by atoms with Crippen molar-refractivity contribution in [2.75, 3.05) is 11.5 Å². The van der Waals surface area contributed by atoms with Crippen LogP contribution in [0.25, 0.3) is 16.8 Å². The number of para-hydroxylation sites is 1. The first-order valence-electron chi connectivity index (χ1n) is 12.1. The fraction of sp³-hybridized carbons (Fsp3) is 0.100. The molecule has 2 amide bonds. The van der Waals surface area contributed by atoms with Crippen LogP contribution in [0.3, 0.4) is 0 Å². The molecule has 0 atom stereocenters. The minimum Gasteiger partial charge on any atom is -0.490 e. The van der Waals surface area contributed by atoms with Gasteiger partial charge in [-0.15, -0.1) is 0 Å². The van der Waals surface area contributed by atoms with Crippen molar-refractivity contribution >= 4 is 63.3 Å². The van der Waals surface area contributed by atoms with E-state index in [2.05, 4.69) is 5.32 Å². The van der Waals surface area contributed by atoms with Gasteiger partial charge >= 0.3 is 0 Å². The van der Waals surface area contributed by atoms with Crippen LogP contribution in [-0.2, 0) is 16.2 Å². The summed E-state index contributed by atoms with van der Waals surface area (Å²) in [5.74, 6) is -1.44. The van der Waals surface area contributed by atoms with E-state index in [0.29, 0.717) is 23.7 Å². The standard InChI is InChI=1S/C30H22ClFN2O4S/c1-2-37-26-16-19(14-22-28(35)33-30(39)34(29(22)36)25-10-6-5-9-24(25)32)15-23(31)27(26)38-17-18-11-12-20-7-3-4-8-21(20)13-18/h3-16H,2,17H2,1H3,(H,33,35,39)/b22-14+. The summed E-state index contributed by atoms with van der Waals surface area (Å²) in [6.07, 6.45) is 1.36. The van der Waals surface area contributed by atoms with Crippen molar-refractivity contribution in [3.8, 4) is 11.5 Å². The molecule has 0 unspecified atom stereocenters. The molecule has 0 spiro atoms. The molecule has 6 nitrogen and oxygen atoms in total. The number of hydrogen-bond donors (Lipinski definition) is 1. The molecule has 9 heteroatoms. The number of fused-ring (bicyclic) bond motifs is 1. The molecule has 5 rings (SSSR count). The summed E-state index contributed by atoms with van der Waals surface area (Å²) < 4.78 is 26.3. The van der Waals surface area contributed by atoms with Gasteiger partial charge in [-0.1, -0.05) is 60.1 Å². The zero-order chi connectivity index (χ0) is 27.5. The van der Waals surface area contributed by atoms with E-state index < -0.39 is 17.6 Å². The molecule has 0 aliphatic carbocycles. The fourth-order valence-corrected chi connectivity index (χ4v) is 4.78. The molecule has 0 saturated carbocycles. The molecular weight excluding hydrogens is 539 g/mol. The average molecular weight is 561 g/mol. The lowest BCUT2D eigenvalue weighted by molar-refractivity contribution is -0.122. The highest BCUT2D eigenvalue weighted by atomic mass is 35.5. The Labute approximate surface area is 234 Å². The van der Waals surface area contributed by atoms with Crippen LogP contribution < -0.4 is 19.7 Å². The molecule has 196 valence electrons. The molecule has 0 bridgehead atoms. The molecule has 4 aromatic carbocycles. The number of carbonyl (C=O) groups excluding carboxylic acids is 2. The Morgan fingerprint density at radius 1 is 0.974 bits per heavy atom. The zero-order valence-corrected chi connectivity index (χ0v) is 22.3. The van der Waals surface area contributed by atoms with Gasteiger partial charge in [0.2, 0.25) is 0 Å². The number of nitrogens with zero attached hydrogens (tertiary/aromatic N) is 1. The summed E-state index contributed by atoms with van der Waals surface area (Å²) >= 11 is 11.7. The topological polar surface area (TPSA) is 67.9 Å². The first kappa shape index (κ1) is 26.3. The van der Waals surface area contributed by atoms with Crippen molar-refractivity contribution in [3.63, 3.8) is 0 Å². The molecule has 4 aromatic rings. The quantitative estimate of drug-likeness (QED) is 0.160. The largest absolute Gasteiger partial charge is 0.490 e. The van der Waals surface area contributed by atoms with Gasteiger partial charge < -0.3 is 9.47 Å². The lowest BCUT2D eigenvalue weighted by atomic mass is 10.1. The molecule has 1 heterocycles. The van der Waals surface area contributed by atoms with Crippen LogP contribution in [0.15, 0.2) is 84.4 Å². The molecule has 39 heavy (non-hydrogen) atoms. The van der Waals surface area contributed by atoms with E-state index >= 15 is 0 Å². The highest BCUT2D eigenvalue weighted by Crippen LogP contribution is 2.38. The highest BCUT2D eigenvalue weighted by molar-refractivity contribution is 7.80. The van der Waals surface area contributed by atoms with E-state index in [1.165, 1.54) is 24.3 Å². The van der Waals surface area contributed by atoms with E-state index in [1.807, 2.05) is 49.4 Å². The molecule has 0 aromatic heterocycles. The Hall–Kier alpha value is -4.27.